The molecule has 2 fully saturated rings. The predicted molar refractivity (Wildman–Crippen MR) is 99.2 cm³/mol. The number of piperidine rings is 1. The van der Waals surface area contributed by atoms with Crippen LogP contribution in [0.3, 0.4) is 0 Å². The van der Waals surface area contributed by atoms with E-state index >= 15 is 0 Å². The Balaban J connectivity index is 1.62. The van der Waals surface area contributed by atoms with Crippen molar-refractivity contribution in [2.24, 2.45) is 0 Å². The molecular formula is C19H28N4O3. The summed E-state index contributed by atoms with van der Waals surface area (Å²) in [5, 5.41) is 2.95. The van der Waals surface area contributed by atoms with Gasteiger partial charge in [0, 0.05) is 50.8 Å². The number of anilines is 1. The van der Waals surface area contributed by atoms with Crippen LogP contribution in [0.4, 0.5) is 10.6 Å². The molecule has 26 heavy (non-hydrogen) atoms. The molecule has 1 aromatic rings. The van der Waals surface area contributed by atoms with Crippen LogP contribution < -0.4 is 5.32 Å². The zero-order valence-corrected chi connectivity index (χ0v) is 15.8. The number of rotatable bonds is 5. The molecule has 7 nitrogen and oxygen atoms in total. The lowest BCUT2D eigenvalue weighted by atomic mass is 9.90. The predicted octanol–water partition coefficient (Wildman–Crippen LogP) is 2.74. The zero-order valence-electron chi connectivity index (χ0n) is 15.8. The van der Waals surface area contributed by atoms with Crippen LogP contribution in [0.5, 0.6) is 0 Å². The van der Waals surface area contributed by atoms with Gasteiger partial charge in [-0.05, 0) is 25.5 Å². The first-order valence-electron chi connectivity index (χ1n) is 9.41. The van der Waals surface area contributed by atoms with Gasteiger partial charge in [0.2, 0.25) is 0 Å². The summed E-state index contributed by atoms with van der Waals surface area (Å²) in [6.07, 6.45) is 4.81. The summed E-state index contributed by atoms with van der Waals surface area (Å²) in [4.78, 5) is 32.9. The van der Waals surface area contributed by atoms with Gasteiger partial charge in [-0.15, -0.1) is 0 Å². The van der Waals surface area contributed by atoms with Crippen molar-refractivity contribution in [1.82, 2.24) is 14.8 Å². The number of amides is 2. The van der Waals surface area contributed by atoms with E-state index in [-0.39, 0.29) is 18.0 Å². The van der Waals surface area contributed by atoms with E-state index in [0.717, 1.165) is 12.8 Å². The van der Waals surface area contributed by atoms with Crippen LogP contribution in [0, 0.1) is 0 Å². The van der Waals surface area contributed by atoms with Crippen LogP contribution in [0.15, 0.2) is 18.3 Å². The number of nitrogens with one attached hydrogen (secondary N) is 1. The average molecular weight is 360 g/mol. The lowest BCUT2D eigenvalue weighted by Gasteiger charge is -2.37. The zero-order chi connectivity index (χ0) is 18.7. The third-order valence-corrected chi connectivity index (χ3v) is 5.46. The van der Waals surface area contributed by atoms with E-state index in [0.29, 0.717) is 43.9 Å². The molecule has 0 bridgehead atoms. The molecule has 7 heteroatoms. The Kier molecular flexibility index (Phi) is 5.34. The Hall–Kier alpha value is -2.31. The quantitative estimate of drug-likeness (QED) is 0.874. The third kappa shape index (κ3) is 3.61. The summed E-state index contributed by atoms with van der Waals surface area (Å²) in [5.41, 5.74) is 0.187. The van der Waals surface area contributed by atoms with Crippen molar-refractivity contribution in [1.29, 1.82) is 0 Å². The first kappa shape index (κ1) is 18.5. The molecule has 0 aromatic carbocycles. The molecule has 0 unspecified atom stereocenters. The number of likely N-dealkylation sites (tertiary alicyclic amines) is 1. The minimum atomic E-state index is -0.440. The molecule has 2 amide bonds. The fourth-order valence-corrected chi connectivity index (χ4v) is 3.82. The highest BCUT2D eigenvalue weighted by Gasteiger charge is 2.48. The molecule has 3 rings (SSSR count). The SMILES string of the molecule is CCC[C@@H](C)N1CC2(CCN(C(=O)c3ccnc(NC)c3)CC2)OC1=O. The van der Waals surface area contributed by atoms with Crippen LogP contribution in [0.1, 0.15) is 49.9 Å². The summed E-state index contributed by atoms with van der Waals surface area (Å²) in [6, 6.07) is 3.69. The molecule has 2 saturated heterocycles. The monoisotopic (exact) mass is 360 g/mol. The molecule has 142 valence electrons. The van der Waals surface area contributed by atoms with Gasteiger partial charge in [-0.3, -0.25) is 4.79 Å². The average Bonchev–Trinajstić information content (AvgIpc) is 2.98. The minimum absolute atomic E-state index is 0.000666. The first-order chi connectivity index (χ1) is 12.5. The van der Waals surface area contributed by atoms with Crippen molar-refractivity contribution in [3.8, 4) is 0 Å². The second-order valence-electron chi connectivity index (χ2n) is 7.29. The van der Waals surface area contributed by atoms with Crippen molar-refractivity contribution < 1.29 is 14.3 Å². The molecule has 0 aliphatic carbocycles. The van der Waals surface area contributed by atoms with E-state index in [1.807, 2.05) is 9.80 Å². The fraction of sp³-hybridized carbons (Fsp3) is 0.632. The van der Waals surface area contributed by atoms with E-state index in [1.54, 1.807) is 25.4 Å². The van der Waals surface area contributed by atoms with Gasteiger partial charge >= 0.3 is 6.09 Å². The van der Waals surface area contributed by atoms with Crippen molar-refractivity contribution in [3.63, 3.8) is 0 Å². The van der Waals surface area contributed by atoms with Gasteiger partial charge in [-0.25, -0.2) is 9.78 Å². The topological polar surface area (TPSA) is 74.8 Å². The Labute approximate surface area is 154 Å². The molecule has 1 N–H and O–H groups in total. The Morgan fingerprint density at radius 3 is 2.81 bits per heavy atom. The summed E-state index contributed by atoms with van der Waals surface area (Å²) < 4.78 is 5.77. The normalized spacial score (nSPS) is 20.2. The second-order valence-corrected chi connectivity index (χ2v) is 7.29. The second kappa shape index (κ2) is 7.51. The molecular weight excluding hydrogens is 332 g/mol. The number of aromatic nitrogens is 1. The van der Waals surface area contributed by atoms with E-state index in [1.165, 1.54) is 0 Å². The Morgan fingerprint density at radius 2 is 2.15 bits per heavy atom. The third-order valence-electron chi connectivity index (χ3n) is 5.46. The molecule has 1 atom stereocenters. The van der Waals surface area contributed by atoms with Crippen molar-refractivity contribution in [2.75, 3.05) is 32.0 Å². The Bertz CT molecular complexity index is 671. The number of hydrogen-bond acceptors (Lipinski definition) is 5. The highest BCUT2D eigenvalue weighted by molar-refractivity contribution is 5.94. The minimum Gasteiger partial charge on any atom is -0.441 e. The van der Waals surface area contributed by atoms with Crippen molar-refractivity contribution in [3.05, 3.63) is 23.9 Å². The molecule has 2 aliphatic rings. The molecule has 1 aromatic heterocycles. The summed E-state index contributed by atoms with van der Waals surface area (Å²) in [6.45, 7) is 6.02. The largest absolute Gasteiger partial charge is 0.441 e. The van der Waals surface area contributed by atoms with E-state index in [2.05, 4.69) is 24.1 Å². The van der Waals surface area contributed by atoms with Crippen LogP contribution in [0.2, 0.25) is 0 Å². The fourth-order valence-electron chi connectivity index (χ4n) is 3.82. The van der Waals surface area contributed by atoms with Crippen LogP contribution in [-0.2, 0) is 4.74 Å². The number of nitrogens with zero attached hydrogens (tertiary/aromatic N) is 3. The van der Waals surface area contributed by atoms with Crippen molar-refractivity contribution in [2.45, 2.75) is 51.2 Å². The number of carbonyl (C=O) groups is 2. The lowest BCUT2D eigenvalue weighted by Crippen LogP contribution is -2.49. The lowest BCUT2D eigenvalue weighted by molar-refractivity contribution is 0.00306. The molecule has 3 heterocycles. The van der Waals surface area contributed by atoms with Gasteiger partial charge < -0.3 is 19.9 Å². The maximum atomic E-state index is 12.7. The highest BCUT2D eigenvalue weighted by Crippen LogP contribution is 2.35. The van der Waals surface area contributed by atoms with Gasteiger partial charge in [0.1, 0.15) is 11.4 Å². The number of pyridine rings is 1. The molecule has 2 aliphatic heterocycles. The van der Waals surface area contributed by atoms with E-state index in [4.69, 9.17) is 4.74 Å². The molecule has 0 radical (unpaired) electrons. The van der Waals surface area contributed by atoms with Gasteiger partial charge in [0.15, 0.2) is 0 Å². The maximum absolute atomic E-state index is 12.7. The smallest absolute Gasteiger partial charge is 0.410 e. The summed E-state index contributed by atoms with van der Waals surface area (Å²) in [5.74, 6) is 0.675. The summed E-state index contributed by atoms with van der Waals surface area (Å²) >= 11 is 0. The van der Waals surface area contributed by atoms with Gasteiger partial charge in [-0.2, -0.15) is 0 Å². The number of carbonyl (C=O) groups excluding carboxylic acids is 2. The van der Waals surface area contributed by atoms with Crippen molar-refractivity contribution >= 4 is 17.8 Å². The van der Waals surface area contributed by atoms with Gasteiger partial charge in [0.25, 0.3) is 5.91 Å². The van der Waals surface area contributed by atoms with Gasteiger partial charge in [-0.1, -0.05) is 13.3 Å². The van der Waals surface area contributed by atoms with Crippen LogP contribution in [0.25, 0.3) is 0 Å². The Morgan fingerprint density at radius 1 is 1.42 bits per heavy atom. The standard InChI is InChI=1S/C19H28N4O3/c1-4-5-14(2)23-13-19(26-18(23)25)7-10-22(11-8-19)17(24)15-6-9-21-16(12-15)20-3/h6,9,12,14H,4-5,7-8,10-11,13H2,1-3H3,(H,20,21)/t14-/m1/s1. The first-order valence-corrected chi connectivity index (χ1v) is 9.41. The number of hydrogen-bond donors (Lipinski definition) is 1. The van der Waals surface area contributed by atoms with E-state index in [9.17, 15) is 9.59 Å². The number of ether oxygens (including phenoxy) is 1. The molecule has 0 saturated carbocycles. The van der Waals surface area contributed by atoms with Crippen LogP contribution >= 0.6 is 0 Å². The summed E-state index contributed by atoms with van der Waals surface area (Å²) in [7, 11) is 1.78. The van der Waals surface area contributed by atoms with Gasteiger partial charge in [0.05, 0.1) is 6.54 Å². The molecule has 1 spiro atoms. The maximum Gasteiger partial charge on any atom is 0.410 e. The highest BCUT2D eigenvalue weighted by atomic mass is 16.6. The van der Waals surface area contributed by atoms with Crippen LogP contribution in [-0.4, -0.2) is 65.1 Å². The van der Waals surface area contributed by atoms with E-state index < -0.39 is 5.60 Å².